The number of nitrogens with zero attached hydrogens (tertiary/aromatic N) is 3. The number of aromatic nitrogens is 3. The Labute approximate surface area is 178 Å². The van der Waals surface area contributed by atoms with E-state index in [1.807, 2.05) is 16.7 Å². The second kappa shape index (κ2) is 9.67. The summed E-state index contributed by atoms with van der Waals surface area (Å²) in [4.78, 5) is 12.2. The van der Waals surface area contributed by atoms with Crippen LogP contribution in [0.4, 0.5) is 14.5 Å². The fourth-order valence-electron chi connectivity index (χ4n) is 2.83. The Morgan fingerprint density at radius 3 is 2.57 bits per heavy atom. The van der Waals surface area contributed by atoms with Crippen molar-refractivity contribution in [2.75, 3.05) is 11.1 Å². The third-order valence-electron chi connectivity index (χ3n) is 4.40. The Morgan fingerprint density at radius 2 is 1.93 bits per heavy atom. The number of thioether (sulfide) groups is 1. The topological polar surface area (TPSA) is 59.8 Å². The predicted octanol–water partition coefficient (Wildman–Crippen LogP) is 5.26. The third-order valence-corrected chi connectivity index (χ3v) is 5.37. The molecule has 0 bridgehead atoms. The number of allylic oxidation sites excluding steroid dienone is 1. The molecule has 0 aliphatic carbocycles. The lowest BCUT2D eigenvalue weighted by Gasteiger charge is -2.10. The van der Waals surface area contributed by atoms with Crippen LogP contribution in [-0.4, -0.2) is 26.4 Å². The SMILES string of the molecule is C=CCn1c(SCC(=O)Nc2ccc(F)cc2F)nnc1-c1ccc(C(C)C)cc1. The number of hydrogen-bond acceptors (Lipinski definition) is 4. The zero-order valence-corrected chi connectivity index (χ0v) is 17.5. The molecule has 1 aromatic heterocycles. The van der Waals surface area contributed by atoms with Crippen LogP contribution in [0.3, 0.4) is 0 Å². The van der Waals surface area contributed by atoms with Crippen molar-refractivity contribution in [1.29, 1.82) is 0 Å². The van der Waals surface area contributed by atoms with E-state index in [1.165, 1.54) is 23.4 Å². The fourth-order valence-corrected chi connectivity index (χ4v) is 3.57. The van der Waals surface area contributed by atoms with Gasteiger partial charge in [-0.3, -0.25) is 9.36 Å². The van der Waals surface area contributed by atoms with Crippen LogP contribution in [0.15, 0.2) is 60.3 Å². The van der Waals surface area contributed by atoms with Crippen LogP contribution in [0.1, 0.15) is 25.3 Å². The van der Waals surface area contributed by atoms with Crippen LogP contribution in [0.2, 0.25) is 0 Å². The van der Waals surface area contributed by atoms with Crippen LogP contribution in [0.5, 0.6) is 0 Å². The molecule has 1 amide bonds. The summed E-state index contributed by atoms with van der Waals surface area (Å²) in [7, 11) is 0. The van der Waals surface area contributed by atoms with Crippen LogP contribution >= 0.6 is 11.8 Å². The summed E-state index contributed by atoms with van der Waals surface area (Å²) >= 11 is 1.18. The minimum absolute atomic E-state index is 0.00161. The second-order valence-electron chi connectivity index (χ2n) is 6.94. The molecule has 8 heteroatoms. The number of rotatable bonds is 8. The first-order valence-corrected chi connectivity index (χ1v) is 10.4. The average Bonchev–Trinajstić information content (AvgIpc) is 3.11. The Balaban J connectivity index is 1.73. The van der Waals surface area contributed by atoms with Crippen molar-refractivity contribution in [3.63, 3.8) is 0 Å². The molecule has 0 atom stereocenters. The summed E-state index contributed by atoms with van der Waals surface area (Å²) in [5, 5.41) is 11.5. The van der Waals surface area contributed by atoms with Gasteiger partial charge in [-0.15, -0.1) is 16.8 Å². The van der Waals surface area contributed by atoms with E-state index in [-0.39, 0.29) is 11.4 Å². The molecule has 1 N–H and O–H groups in total. The molecular weight excluding hydrogens is 406 g/mol. The number of benzene rings is 2. The van der Waals surface area contributed by atoms with E-state index in [0.717, 1.165) is 17.7 Å². The van der Waals surface area contributed by atoms with Gasteiger partial charge >= 0.3 is 0 Å². The summed E-state index contributed by atoms with van der Waals surface area (Å²) in [5.41, 5.74) is 2.08. The van der Waals surface area contributed by atoms with Crippen molar-refractivity contribution in [3.8, 4) is 11.4 Å². The van der Waals surface area contributed by atoms with Crippen LogP contribution < -0.4 is 5.32 Å². The van der Waals surface area contributed by atoms with Crippen molar-refractivity contribution in [1.82, 2.24) is 14.8 Å². The first-order chi connectivity index (χ1) is 14.4. The molecule has 0 unspecified atom stereocenters. The van der Waals surface area contributed by atoms with Gasteiger partial charge in [0, 0.05) is 18.2 Å². The molecule has 0 saturated carbocycles. The molecule has 156 valence electrons. The lowest BCUT2D eigenvalue weighted by molar-refractivity contribution is -0.113. The standard InChI is InChI=1S/C22H22F2N4OS/c1-4-11-28-21(16-7-5-15(6-8-16)14(2)3)26-27-22(28)30-13-20(29)25-19-10-9-17(23)12-18(19)24/h4-10,12,14H,1,11,13H2,2-3H3,(H,25,29). The summed E-state index contributed by atoms with van der Waals surface area (Å²) in [5.74, 6) is -0.847. The highest BCUT2D eigenvalue weighted by Gasteiger charge is 2.16. The fraction of sp³-hybridized carbons (Fsp3) is 0.227. The maximum atomic E-state index is 13.7. The zero-order chi connectivity index (χ0) is 21.7. The Hall–Kier alpha value is -3.00. The highest BCUT2D eigenvalue weighted by Crippen LogP contribution is 2.26. The number of carbonyl (C=O) groups is 1. The van der Waals surface area contributed by atoms with E-state index in [9.17, 15) is 13.6 Å². The number of carbonyl (C=O) groups excluding carboxylic acids is 1. The van der Waals surface area contributed by atoms with E-state index >= 15 is 0 Å². The molecule has 3 aromatic rings. The van der Waals surface area contributed by atoms with Gasteiger partial charge in [-0.2, -0.15) is 0 Å². The first kappa shape index (κ1) is 21.7. The molecule has 30 heavy (non-hydrogen) atoms. The molecule has 1 heterocycles. The van der Waals surface area contributed by atoms with E-state index in [1.54, 1.807) is 6.08 Å². The molecule has 0 saturated heterocycles. The minimum Gasteiger partial charge on any atom is -0.323 e. The van der Waals surface area contributed by atoms with Gasteiger partial charge in [0.05, 0.1) is 11.4 Å². The number of anilines is 1. The summed E-state index contributed by atoms with van der Waals surface area (Å²) in [6.07, 6.45) is 1.73. The molecule has 5 nitrogen and oxygen atoms in total. The van der Waals surface area contributed by atoms with E-state index in [0.29, 0.717) is 23.4 Å². The molecular formula is C22H22F2N4OS. The largest absolute Gasteiger partial charge is 0.323 e. The van der Waals surface area contributed by atoms with Crippen molar-refractivity contribution in [3.05, 3.63) is 72.3 Å². The molecule has 0 radical (unpaired) electrons. The van der Waals surface area contributed by atoms with Gasteiger partial charge in [0.15, 0.2) is 11.0 Å². The lowest BCUT2D eigenvalue weighted by atomic mass is 10.0. The lowest BCUT2D eigenvalue weighted by Crippen LogP contribution is -2.15. The van der Waals surface area contributed by atoms with Gasteiger partial charge in [0.2, 0.25) is 5.91 Å². The smallest absolute Gasteiger partial charge is 0.234 e. The average molecular weight is 429 g/mol. The predicted molar refractivity (Wildman–Crippen MR) is 115 cm³/mol. The van der Waals surface area contributed by atoms with Crippen molar-refractivity contribution in [2.45, 2.75) is 31.5 Å². The molecule has 3 rings (SSSR count). The first-order valence-electron chi connectivity index (χ1n) is 9.41. The van der Waals surface area contributed by atoms with Gasteiger partial charge in [-0.05, 0) is 23.6 Å². The molecule has 0 fully saturated rings. The van der Waals surface area contributed by atoms with E-state index < -0.39 is 17.5 Å². The van der Waals surface area contributed by atoms with Crippen LogP contribution in [-0.2, 0) is 11.3 Å². The highest BCUT2D eigenvalue weighted by atomic mass is 32.2. The third kappa shape index (κ3) is 5.13. The number of hydrogen-bond donors (Lipinski definition) is 1. The number of nitrogens with one attached hydrogen (secondary N) is 1. The van der Waals surface area contributed by atoms with Crippen molar-refractivity contribution in [2.24, 2.45) is 0 Å². The molecule has 2 aromatic carbocycles. The van der Waals surface area contributed by atoms with Crippen molar-refractivity contribution < 1.29 is 13.6 Å². The van der Waals surface area contributed by atoms with Gasteiger partial charge in [0.1, 0.15) is 11.6 Å². The normalized spacial score (nSPS) is 11.0. The molecule has 0 aliphatic heterocycles. The van der Waals surface area contributed by atoms with Gasteiger partial charge < -0.3 is 5.32 Å². The van der Waals surface area contributed by atoms with E-state index in [4.69, 9.17) is 0 Å². The minimum atomic E-state index is -0.824. The Bertz CT molecular complexity index is 1050. The van der Waals surface area contributed by atoms with Gasteiger partial charge in [-0.25, -0.2) is 8.78 Å². The molecule has 0 aliphatic rings. The van der Waals surface area contributed by atoms with Gasteiger partial charge in [0.25, 0.3) is 0 Å². The maximum absolute atomic E-state index is 13.7. The summed E-state index contributed by atoms with van der Waals surface area (Å²) in [6, 6.07) is 11.1. The summed E-state index contributed by atoms with van der Waals surface area (Å²) in [6.45, 7) is 8.52. The molecule has 0 spiro atoms. The summed E-state index contributed by atoms with van der Waals surface area (Å²) < 4.78 is 28.6. The second-order valence-corrected chi connectivity index (χ2v) is 7.89. The Kier molecular flexibility index (Phi) is 6.99. The number of amides is 1. The monoisotopic (exact) mass is 428 g/mol. The number of halogens is 2. The van der Waals surface area contributed by atoms with Crippen LogP contribution in [0, 0.1) is 11.6 Å². The zero-order valence-electron chi connectivity index (χ0n) is 16.7. The quantitative estimate of drug-likeness (QED) is 0.393. The maximum Gasteiger partial charge on any atom is 0.234 e. The van der Waals surface area contributed by atoms with Crippen molar-refractivity contribution >= 4 is 23.4 Å². The Morgan fingerprint density at radius 1 is 1.20 bits per heavy atom. The van der Waals surface area contributed by atoms with Crippen LogP contribution in [0.25, 0.3) is 11.4 Å². The highest BCUT2D eigenvalue weighted by molar-refractivity contribution is 7.99. The van der Waals surface area contributed by atoms with E-state index in [2.05, 4.69) is 48.1 Å². The van der Waals surface area contributed by atoms with Gasteiger partial charge in [-0.1, -0.05) is 56.0 Å².